The molecule has 0 fully saturated rings. The lowest BCUT2D eigenvalue weighted by Gasteiger charge is -2.16. The zero-order valence-corrected chi connectivity index (χ0v) is 10.8. The van der Waals surface area contributed by atoms with Gasteiger partial charge in [-0.1, -0.05) is 35.0 Å². The van der Waals surface area contributed by atoms with E-state index in [1.807, 2.05) is 0 Å². The normalized spacial score (nSPS) is 15.0. The van der Waals surface area contributed by atoms with Gasteiger partial charge in [0.05, 0.1) is 6.10 Å². The molecule has 0 aliphatic rings. The lowest BCUT2D eigenvalue weighted by molar-refractivity contribution is 0.165. The smallest absolute Gasteiger partial charge is 0.0668 e. The van der Waals surface area contributed by atoms with Crippen LogP contribution in [-0.2, 0) is 0 Å². The Hall–Kier alpha value is -0.380. The number of aryl methyl sites for hydroxylation is 1. The molecule has 3 heteroatoms. The van der Waals surface area contributed by atoms with Crippen molar-refractivity contribution >= 4 is 15.9 Å². The maximum Gasteiger partial charge on any atom is 0.0668 e. The first-order valence-electron chi connectivity index (χ1n) is 5.18. The minimum atomic E-state index is -0.403. The summed E-state index contributed by atoms with van der Waals surface area (Å²) in [6.45, 7) is 4.50. The minimum absolute atomic E-state index is 0.331. The standard InChI is InChI=1S/C12H18BrNO/c1-8-3-4-10(6-12(8)13)9(2)5-11(15)7-14/h3-4,6,9,11,15H,5,7,14H2,1-2H3. The molecule has 2 nitrogen and oxygen atoms in total. The molecule has 0 bridgehead atoms. The molecule has 0 aromatic heterocycles. The molecule has 1 aromatic carbocycles. The fourth-order valence-corrected chi connectivity index (χ4v) is 1.95. The van der Waals surface area contributed by atoms with Crippen LogP contribution in [0.4, 0.5) is 0 Å². The average molecular weight is 272 g/mol. The number of hydrogen-bond acceptors (Lipinski definition) is 2. The Labute approximate surface area is 99.6 Å². The van der Waals surface area contributed by atoms with E-state index in [-0.39, 0.29) is 0 Å². The summed E-state index contributed by atoms with van der Waals surface area (Å²) >= 11 is 3.51. The zero-order valence-electron chi connectivity index (χ0n) is 9.20. The van der Waals surface area contributed by atoms with E-state index in [2.05, 4.69) is 48.0 Å². The van der Waals surface area contributed by atoms with Crippen molar-refractivity contribution in [1.82, 2.24) is 0 Å². The maximum absolute atomic E-state index is 9.48. The van der Waals surface area contributed by atoms with Crippen LogP contribution in [0.25, 0.3) is 0 Å². The molecule has 0 heterocycles. The third kappa shape index (κ3) is 3.59. The number of rotatable bonds is 4. The van der Waals surface area contributed by atoms with Gasteiger partial charge in [-0.3, -0.25) is 0 Å². The number of benzene rings is 1. The lowest BCUT2D eigenvalue weighted by atomic mass is 9.94. The number of halogens is 1. The molecule has 2 unspecified atom stereocenters. The molecule has 1 aromatic rings. The quantitative estimate of drug-likeness (QED) is 0.884. The van der Waals surface area contributed by atoms with Gasteiger partial charge in [-0.15, -0.1) is 0 Å². The van der Waals surface area contributed by atoms with E-state index in [0.29, 0.717) is 18.9 Å². The van der Waals surface area contributed by atoms with E-state index in [4.69, 9.17) is 5.73 Å². The molecular formula is C12H18BrNO. The molecule has 3 N–H and O–H groups in total. The molecule has 0 aliphatic carbocycles. The number of nitrogens with two attached hydrogens (primary N) is 1. The topological polar surface area (TPSA) is 46.2 Å². The van der Waals surface area contributed by atoms with E-state index in [1.165, 1.54) is 11.1 Å². The molecule has 0 saturated heterocycles. The van der Waals surface area contributed by atoms with Crippen LogP contribution in [0.2, 0.25) is 0 Å². The molecule has 15 heavy (non-hydrogen) atoms. The van der Waals surface area contributed by atoms with E-state index < -0.39 is 6.10 Å². The molecule has 0 amide bonds. The summed E-state index contributed by atoms with van der Waals surface area (Å²) in [5.74, 6) is 0.334. The van der Waals surface area contributed by atoms with Gasteiger partial charge in [0.25, 0.3) is 0 Å². The summed E-state index contributed by atoms with van der Waals surface area (Å²) in [5.41, 5.74) is 7.86. The van der Waals surface area contributed by atoms with Gasteiger partial charge < -0.3 is 10.8 Å². The minimum Gasteiger partial charge on any atom is -0.392 e. The van der Waals surface area contributed by atoms with Crippen LogP contribution in [0.5, 0.6) is 0 Å². The van der Waals surface area contributed by atoms with Gasteiger partial charge in [-0.25, -0.2) is 0 Å². The Morgan fingerprint density at radius 2 is 2.13 bits per heavy atom. The Balaban J connectivity index is 2.73. The van der Waals surface area contributed by atoms with Crippen molar-refractivity contribution in [2.24, 2.45) is 5.73 Å². The van der Waals surface area contributed by atoms with Gasteiger partial charge in [0.2, 0.25) is 0 Å². The highest BCUT2D eigenvalue weighted by molar-refractivity contribution is 9.10. The molecule has 0 saturated carbocycles. The van der Waals surface area contributed by atoms with Crippen molar-refractivity contribution in [2.75, 3.05) is 6.54 Å². The molecule has 0 spiro atoms. The molecule has 0 radical (unpaired) electrons. The van der Waals surface area contributed by atoms with E-state index in [0.717, 1.165) is 4.47 Å². The first kappa shape index (κ1) is 12.7. The van der Waals surface area contributed by atoms with Crippen molar-refractivity contribution < 1.29 is 5.11 Å². The van der Waals surface area contributed by atoms with Crippen LogP contribution in [-0.4, -0.2) is 17.8 Å². The van der Waals surface area contributed by atoms with E-state index in [1.54, 1.807) is 0 Å². The monoisotopic (exact) mass is 271 g/mol. The largest absolute Gasteiger partial charge is 0.392 e. The molecule has 2 atom stereocenters. The van der Waals surface area contributed by atoms with Crippen molar-refractivity contribution in [1.29, 1.82) is 0 Å². The summed E-state index contributed by atoms with van der Waals surface area (Å²) in [6, 6.07) is 6.31. The highest BCUT2D eigenvalue weighted by atomic mass is 79.9. The van der Waals surface area contributed by atoms with Crippen LogP contribution in [0.15, 0.2) is 22.7 Å². The first-order chi connectivity index (χ1) is 7.04. The molecule has 0 aliphatic heterocycles. The first-order valence-corrected chi connectivity index (χ1v) is 5.98. The van der Waals surface area contributed by atoms with Gasteiger partial charge in [-0.05, 0) is 36.5 Å². The van der Waals surface area contributed by atoms with Crippen LogP contribution in [0.1, 0.15) is 30.4 Å². The number of aliphatic hydroxyl groups is 1. The highest BCUT2D eigenvalue weighted by Gasteiger charge is 2.11. The second-order valence-electron chi connectivity index (χ2n) is 4.03. The summed E-state index contributed by atoms with van der Waals surface area (Å²) in [5, 5.41) is 9.48. The van der Waals surface area contributed by atoms with Gasteiger partial charge in [-0.2, -0.15) is 0 Å². The summed E-state index contributed by atoms with van der Waals surface area (Å²) in [7, 11) is 0. The lowest BCUT2D eigenvalue weighted by Crippen LogP contribution is -2.21. The average Bonchev–Trinajstić information content (AvgIpc) is 2.21. The predicted octanol–water partition coefficient (Wildman–Crippen LogP) is 2.57. The Morgan fingerprint density at radius 1 is 1.47 bits per heavy atom. The fraction of sp³-hybridized carbons (Fsp3) is 0.500. The fourth-order valence-electron chi connectivity index (χ4n) is 1.56. The van der Waals surface area contributed by atoms with Crippen molar-refractivity contribution in [3.63, 3.8) is 0 Å². The molecule has 1 rings (SSSR count). The third-order valence-corrected chi connectivity index (χ3v) is 3.52. The summed E-state index contributed by atoms with van der Waals surface area (Å²) in [4.78, 5) is 0. The van der Waals surface area contributed by atoms with Crippen molar-refractivity contribution in [3.05, 3.63) is 33.8 Å². The van der Waals surface area contributed by atoms with Crippen LogP contribution in [0, 0.1) is 6.92 Å². The Morgan fingerprint density at radius 3 is 2.67 bits per heavy atom. The Kier molecular flexibility index (Phi) is 4.77. The van der Waals surface area contributed by atoms with E-state index >= 15 is 0 Å². The van der Waals surface area contributed by atoms with Crippen molar-refractivity contribution in [2.45, 2.75) is 32.3 Å². The van der Waals surface area contributed by atoms with Crippen LogP contribution < -0.4 is 5.73 Å². The zero-order chi connectivity index (χ0) is 11.4. The van der Waals surface area contributed by atoms with Gasteiger partial charge in [0.1, 0.15) is 0 Å². The number of hydrogen-bond donors (Lipinski definition) is 2. The molecule has 84 valence electrons. The SMILES string of the molecule is Cc1ccc(C(C)CC(O)CN)cc1Br. The second-order valence-corrected chi connectivity index (χ2v) is 4.89. The molecular weight excluding hydrogens is 254 g/mol. The third-order valence-electron chi connectivity index (χ3n) is 2.66. The predicted molar refractivity (Wildman–Crippen MR) is 67.0 cm³/mol. The van der Waals surface area contributed by atoms with Crippen LogP contribution >= 0.6 is 15.9 Å². The maximum atomic E-state index is 9.48. The second kappa shape index (κ2) is 5.64. The van der Waals surface area contributed by atoms with Gasteiger partial charge in [0.15, 0.2) is 0 Å². The van der Waals surface area contributed by atoms with E-state index in [9.17, 15) is 5.11 Å². The Bertz CT molecular complexity index is 327. The van der Waals surface area contributed by atoms with Gasteiger partial charge in [0, 0.05) is 11.0 Å². The summed E-state index contributed by atoms with van der Waals surface area (Å²) < 4.78 is 1.12. The van der Waals surface area contributed by atoms with Gasteiger partial charge >= 0.3 is 0 Å². The highest BCUT2D eigenvalue weighted by Crippen LogP contribution is 2.25. The summed E-state index contributed by atoms with van der Waals surface area (Å²) in [6.07, 6.45) is 0.312. The van der Waals surface area contributed by atoms with Crippen molar-refractivity contribution in [3.8, 4) is 0 Å². The van der Waals surface area contributed by atoms with Crippen LogP contribution in [0.3, 0.4) is 0 Å². The number of aliphatic hydroxyl groups excluding tert-OH is 1.